The lowest BCUT2D eigenvalue weighted by atomic mass is 9.82. The minimum absolute atomic E-state index is 0.0287. The summed E-state index contributed by atoms with van der Waals surface area (Å²) in [5.74, 6) is 1.09. The number of hydrogen-bond donors (Lipinski definition) is 1. The lowest BCUT2D eigenvalue weighted by Crippen LogP contribution is -2.39. The molecule has 0 aromatic carbocycles. The van der Waals surface area contributed by atoms with Gasteiger partial charge in [-0.15, -0.1) is 0 Å². The molecule has 94 valence electrons. The summed E-state index contributed by atoms with van der Waals surface area (Å²) in [5.41, 5.74) is 5.70. The number of hydrogen-bond acceptors (Lipinski definition) is 2. The highest BCUT2D eigenvalue weighted by Crippen LogP contribution is 2.30. The first-order chi connectivity index (χ1) is 7.44. The summed E-state index contributed by atoms with van der Waals surface area (Å²) in [5, 5.41) is 0. The van der Waals surface area contributed by atoms with Crippen LogP contribution in [-0.2, 0) is 4.79 Å². The van der Waals surface area contributed by atoms with Gasteiger partial charge in [-0.05, 0) is 24.3 Å². The Bertz CT molecular complexity index is 234. The highest BCUT2D eigenvalue weighted by atomic mass is 16.2. The number of amides is 1. The van der Waals surface area contributed by atoms with Crippen LogP contribution in [0.3, 0.4) is 0 Å². The van der Waals surface area contributed by atoms with Crippen LogP contribution < -0.4 is 5.73 Å². The number of rotatable bonds is 6. The number of nitrogens with zero attached hydrogens (tertiary/aromatic N) is 1. The van der Waals surface area contributed by atoms with Gasteiger partial charge in [-0.3, -0.25) is 4.79 Å². The summed E-state index contributed by atoms with van der Waals surface area (Å²) in [7, 11) is 1.89. The Morgan fingerprint density at radius 3 is 2.50 bits per heavy atom. The molecule has 0 aliphatic heterocycles. The van der Waals surface area contributed by atoms with E-state index < -0.39 is 0 Å². The molecule has 0 aromatic heterocycles. The second-order valence-corrected chi connectivity index (χ2v) is 5.95. The van der Waals surface area contributed by atoms with Crippen LogP contribution in [0.25, 0.3) is 0 Å². The summed E-state index contributed by atoms with van der Waals surface area (Å²) in [6.07, 6.45) is 5.79. The largest absolute Gasteiger partial charge is 0.345 e. The standard InChI is InChI=1S/C13H26N2O/c1-13(2,9-14)10-15(3)12(16)8-7-11-5-4-6-11/h11H,4-10,14H2,1-3H3. The van der Waals surface area contributed by atoms with Crippen LogP contribution in [-0.4, -0.2) is 30.9 Å². The SMILES string of the molecule is CN(CC(C)(C)CN)C(=O)CCC1CCC1. The molecule has 0 radical (unpaired) electrons. The fourth-order valence-corrected chi connectivity index (χ4v) is 2.09. The summed E-state index contributed by atoms with van der Waals surface area (Å²) < 4.78 is 0. The molecule has 0 bridgehead atoms. The van der Waals surface area contributed by atoms with Crippen molar-refractivity contribution in [2.45, 2.75) is 46.0 Å². The van der Waals surface area contributed by atoms with Crippen LogP contribution in [0, 0.1) is 11.3 Å². The number of carbonyl (C=O) groups excluding carboxylic acids is 1. The molecule has 1 aliphatic rings. The molecule has 1 saturated carbocycles. The summed E-state index contributed by atoms with van der Waals surface area (Å²) in [6.45, 7) is 5.58. The molecule has 1 aliphatic carbocycles. The highest BCUT2D eigenvalue weighted by Gasteiger charge is 2.23. The molecule has 0 aromatic rings. The summed E-state index contributed by atoms with van der Waals surface area (Å²) >= 11 is 0. The van der Waals surface area contributed by atoms with Crippen molar-refractivity contribution in [3.05, 3.63) is 0 Å². The van der Waals surface area contributed by atoms with Crippen molar-refractivity contribution in [2.24, 2.45) is 17.1 Å². The van der Waals surface area contributed by atoms with Crippen molar-refractivity contribution in [2.75, 3.05) is 20.1 Å². The van der Waals surface area contributed by atoms with Crippen molar-refractivity contribution in [3.63, 3.8) is 0 Å². The van der Waals surface area contributed by atoms with E-state index in [1.165, 1.54) is 19.3 Å². The normalized spacial score (nSPS) is 17.0. The topological polar surface area (TPSA) is 46.3 Å². The molecular formula is C13H26N2O. The van der Waals surface area contributed by atoms with Crippen molar-refractivity contribution >= 4 is 5.91 Å². The van der Waals surface area contributed by atoms with Crippen LogP contribution in [0.1, 0.15) is 46.0 Å². The average Bonchev–Trinajstić information content (AvgIpc) is 2.14. The maximum atomic E-state index is 11.9. The van der Waals surface area contributed by atoms with Crippen LogP contribution >= 0.6 is 0 Å². The highest BCUT2D eigenvalue weighted by molar-refractivity contribution is 5.75. The van der Waals surface area contributed by atoms with Crippen LogP contribution in [0.15, 0.2) is 0 Å². The molecule has 0 saturated heterocycles. The molecule has 3 heteroatoms. The molecule has 2 N–H and O–H groups in total. The van der Waals surface area contributed by atoms with Gasteiger partial charge in [0.15, 0.2) is 0 Å². The third-order valence-corrected chi connectivity index (χ3v) is 3.63. The zero-order valence-electron chi connectivity index (χ0n) is 11.0. The number of carbonyl (C=O) groups is 1. The van der Waals surface area contributed by atoms with Gasteiger partial charge in [0.1, 0.15) is 0 Å². The minimum atomic E-state index is 0.0287. The zero-order chi connectivity index (χ0) is 12.2. The molecule has 0 atom stereocenters. The van der Waals surface area contributed by atoms with Gasteiger partial charge < -0.3 is 10.6 Å². The Morgan fingerprint density at radius 1 is 1.44 bits per heavy atom. The van der Waals surface area contributed by atoms with E-state index in [0.29, 0.717) is 13.0 Å². The first-order valence-electron chi connectivity index (χ1n) is 6.38. The molecule has 16 heavy (non-hydrogen) atoms. The molecule has 1 rings (SSSR count). The average molecular weight is 226 g/mol. The van der Waals surface area contributed by atoms with E-state index in [1.807, 2.05) is 11.9 Å². The van der Waals surface area contributed by atoms with E-state index in [4.69, 9.17) is 5.73 Å². The lowest BCUT2D eigenvalue weighted by molar-refractivity contribution is -0.131. The molecule has 0 heterocycles. The lowest BCUT2D eigenvalue weighted by Gasteiger charge is -2.30. The van der Waals surface area contributed by atoms with E-state index in [9.17, 15) is 4.79 Å². The van der Waals surface area contributed by atoms with E-state index in [-0.39, 0.29) is 11.3 Å². The molecule has 0 spiro atoms. The van der Waals surface area contributed by atoms with Crippen molar-refractivity contribution in [3.8, 4) is 0 Å². The quantitative estimate of drug-likeness (QED) is 0.753. The first-order valence-corrected chi connectivity index (χ1v) is 6.38. The fourth-order valence-electron chi connectivity index (χ4n) is 2.09. The molecule has 1 fully saturated rings. The van der Waals surface area contributed by atoms with E-state index >= 15 is 0 Å². The van der Waals surface area contributed by atoms with Gasteiger partial charge in [-0.1, -0.05) is 33.1 Å². The van der Waals surface area contributed by atoms with Crippen LogP contribution in [0.5, 0.6) is 0 Å². The smallest absolute Gasteiger partial charge is 0.222 e. The maximum Gasteiger partial charge on any atom is 0.222 e. The predicted molar refractivity (Wildman–Crippen MR) is 67.0 cm³/mol. The second-order valence-electron chi connectivity index (χ2n) is 5.95. The minimum Gasteiger partial charge on any atom is -0.345 e. The molecule has 0 unspecified atom stereocenters. The number of nitrogens with two attached hydrogens (primary N) is 1. The van der Waals surface area contributed by atoms with Gasteiger partial charge >= 0.3 is 0 Å². The van der Waals surface area contributed by atoms with Gasteiger partial charge in [0.05, 0.1) is 0 Å². The van der Waals surface area contributed by atoms with Gasteiger partial charge in [-0.2, -0.15) is 0 Å². The van der Waals surface area contributed by atoms with Crippen molar-refractivity contribution < 1.29 is 4.79 Å². The Morgan fingerprint density at radius 2 is 2.06 bits per heavy atom. The van der Waals surface area contributed by atoms with Gasteiger partial charge in [-0.25, -0.2) is 0 Å². The zero-order valence-corrected chi connectivity index (χ0v) is 11.0. The van der Waals surface area contributed by atoms with Crippen molar-refractivity contribution in [1.82, 2.24) is 4.90 Å². The first kappa shape index (κ1) is 13.5. The second kappa shape index (κ2) is 5.67. The van der Waals surface area contributed by atoms with Gasteiger partial charge in [0.25, 0.3) is 0 Å². The van der Waals surface area contributed by atoms with E-state index in [0.717, 1.165) is 18.9 Å². The Kier molecular flexibility index (Phi) is 4.78. The molecular weight excluding hydrogens is 200 g/mol. The third-order valence-electron chi connectivity index (χ3n) is 3.63. The molecule has 3 nitrogen and oxygen atoms in total. The Hall–Kier alpha value is -0.570. The Balaban J connectivity index is 2.23. The van der Waals surface area contributed by atoms with Gasteiger partial charge in [0.2, 0.25) is 5.91 Å². The maximum absolute atomic E-state index is 11.9. The van der Waals surface area contributed by atoms with E-state index in [2.05, 4.69) is 13.8 Å². The Labute approximate surface area is 99.4 Å². The fraction of sp³-hybridized carbons (Fsp3) is 0.923. The summed E-state index contributed by atoms with van der Waals surface area (Å²) in [6, 6.07) is 0. The van der Waals surface area contributed by atoms with E-state index in [1.54, 1.807) is 0 Å². The third kappa shape index (κ3) is 4.12. The van der Waals surface area contributed by atoms with Crippen LogP contribution in [0.4, 0.5) is 0 Å². The monoisotopic (exact) mass is 226 g/mol. The van der Waals surface area contributed by atoms with Crippen molar-refractivity contribution in [1.29, 1.82) is 0 Å². The van der Waals surface area contributed by atoms with Crippen LogP contribution in [0.2, 0.25) is 0 Å². The molecule has 1 amide bonds. The summed E-state index contributed by atoms with van der Waals surface area (Å²) in [4.78, 5) is 13.7. The predicted octanol–water partition coefficient (Wildman–Crippen LogP) is 2.01. The van der Waals surface area contributed by atoms with Gasteiger partial charge in [0, 0.05) is 20.0 Å².